The van der Waals surface area contributed by atoms with Gasteiger partial charge in [-0.15, -0.1) is 0 Å². The van der Waals surface area contributed by atoms with E-state index in [-0.39, 0.29) is 5.91 Å². The number of nitrogens with zero attached hydrogens (tertiary/aromatic N) is 4. The van der Waals surface area contributed by atoms with Crippen molar-refractivity contribution < 1.29 is 9.53 Å². The molecule has 0 N–H and O–H groups in total. The molecule has 0 aromatic carbocycles. The average Bonchev–Trinajstić information content (AvgIpc) is 2.54. The second-order valence-electron chi connectivity index (χ2n) is 6.42. The van der Waals surface area contributed by atoms with Crippen molar-refractivity contribution in [2.24, 2.45) is 0 Å². The number of ether oxygens (including phenoxy) is 1. The molecule has 6 nitrogen and oxygen atoms in total. The molecule has 0 atom stereocenters. The largest absolute Gasteiger partial charge is 0.383 e. The lowest BCUT2D eigenvalue weighted by Gasteiger charge is -2.44. The summed E-state index contributed by atoms with van der Waals surface area (Å²) in [7, 11) is 3.88. The molecule has 0 spiro atoms. The zero-order valence-electron chi connectivity index (χ0n) is 15.4. The van der Waals surface area contributed by atoms with Crippen molar-refractivity contribution in [3.05, 3.63) is 23.9 Å². The Morgan fingerprint density at radius 1 is 1.38 bits per heavy atom. The van der Waals surface area contributed by atoms with Gasteiger partial charge in [0.15, 0.2) is 0 Å². The molecule has 0 unspecified atom stereocenters. The van der Waals surface area contributed by atoms with Crippen LogP contribution in [0.1, 0.15) is 19.0 Å². The Kier molecular flexibility index (Phi) is 7.15. The summed E-state index contributed by atoms with van der Waals surface area (Å²) >= 11 is 0. The van der Waals surface area contributed by atoms with Gasteiger partial charge in [-0.2, -0.15) is 0 Å². The summed E-state index contributed by atoms with van der Waals surface area (Å²) in [6.45, 7) is 9.26. The van der Waals surface area contributed by atoms with Crippen LogP contribution in [0.3, 0.4) is 0 Å². The summed E-state index contributed by atoms with van der Waals surface area (Å²) in [5.41, 5.74) is 0.935. The lowest BCUT2D eigenvalue weighted by atomic mass is 10.1. The summed E-state index contributed by atoms with van der Waals surface area (Å²) in [6.07, 6.45) is 0.498. The zero-order valence-corrected chi connectivity index (χ0v) is 15.4. The van der Waals surface area contributed by atoms with Crippen molar-refractivity contribution in [3.63, 3.8) is 0 Å². The van der Waals surface area contributed by atoms with E-state index in [1.807, 2.05) is 36.9 Å². The number of likely N-dealkylation sites (N-methyl/N-ethyl adjacent to an activating group) is 1. The number of rotatable bonds is 9. The average molecular weight is 334 g/mol. The normalized spacial score (nSPS) is 15.5. The first-order valence-electron chi connectivity index (χ1n) is 8.70. The van der Waals surface area contributed by atoms with Gasteiger partial charge >= 0.3 is 0 Å². The van der Waals surface area contributed by atoms with E-state index < -0.39 is 0 Å². The third-order valence-corrected chi connectivity index (χ3v) is 4.60. The molecule has 0 aliphatic carbocycles. The summed E-state index contributed by atoms with van der Waals surface area (Å²) < 4.78 is 5.13. The second kappa shape index (κ2) is 9.11. The van der Waals surface area contributed by atoms with Crippen molar-refractivity contribution >= 4 is 11.7 Å². The number of hydrogen-bond donors (Lipinski definition) is 0. The maximum Gasteiger partial charge on any atom is 0.227 e. The first-order chi connectivity index (χ1) is 11.5. The Hall–Kier alpha value is -1.50. The van der Waals surface area contributed by atoms with Gasteiger partial charge in [0, 0.05) is 58.0 Å². The Morgan fingerprint density at radius 3 is 2.75 bits per heavy atom. The topological polar surface area (TPSA) is 48.9 Å². The second-order valence-corrected chi connectivity index (χ2v) is 6.42. The van der Waals surface area contributed by atoms with Crippen molar-refractivity contribution in [1.82, 2.24) is 14.8 Å². The van der Waals surface area contributed by atoms with Crippen molar-refractivity contribution in [1.29, 1.82) is 0 Å². The maximum atomic E-state index is 12.3. The number of hydrogen-bond acceptors (Lipinski definition) is 5. The fraction of sp³-hybridized carbons (Fsp3) is 0.667. The van der Waals surface area contributed by atoms with E-state index in [4.69, 9.17) is 4.74 Å². The fourth-order valence-corrected chi connectivity index (χ4v) is 2.90. The number of amides is 1. The predicted molar refractivity (Wildman–Crippen MR) is 96.4 cm³/mol. The highest BCUT2D eigenvalue weighted by molar-refractivity contribution is 5.92. The predicted octanol–water partition coefficient (Wildman–Crippen LogP) is 1.40. The monoisotopic (exact) mass is 334 g/mol. The molecule has 1 aromatic rings. The molecule has 2 heterocycles. The fourth-order valence-electron chi connectivity index (χ4n) is 2.90. The first-order valence-corrected chi connectivity index (χ1v) is 8.70. The molecule has 1 aromatic heterocycles. The van der Waals surface area contributed by atoms with Crippen LogP contribution in [0.25, 0.3) is 0 Å². The summed E-state index contributed by atoms with van der Waals surface area (Å²) in [4.78, 5) is 23.3. The third-order valence-electron chi connectivity index (χ3n) is 4.60. The molecule has 0 radical (unpaired) electrons. The Balaban J connectivity index is 1.84. The van der Waals surface area contributed by atoms with Gasteiger partial charge in [-0.1, -0.05) is 13.0 Å². The minimum Gasteiger partial charge on any atom is -0.383 e. The highest BCUT2D eigenvalue weighted by Gasteiger charge is 2.30. The van der Waals surface area contributed by atoms with Crippen LogP contribution in [0.4, 0.5) is 5.82 Å². The number of carbonyl (C=O) groups is 1. The summed E-state index contributed by atoms with van der Waals surface area (Å²) in [5, 5.41) is 0. The van der Waals surface area contributed by atoms with E-state index in [1.54, 1.807) is 7.11 Å². The van der Waals surface area contributed by atoms with E-state index >= 15 is 0 Å². The Bertz CT molecular complexity index is 532. The van der Waals surface area contributed by atoms with E-state index in [0.717, 1.165) is 44.3 Å². The summed E-state index contributed by atoms with van der Waals surface area (Å²) in [6, 6.07) is 6.41. The molecule has 1 aliphatic rings. The lowest BCUT2D eigenvalue weighted by molar-refractivity contribution is -0.118. The number of likely N-dealkylation sites (tertiary alicyclic amines) is 1. The number of pyridine rings is 1. The van der Waals surface area contributed by atoms with Crippen LogP contribution in [0, 0.1) is 6.92 Å². The molecule has 2 rings (SSSR count). The number of anilines is 1. The molecule has 0 saturated carbocycles. The van der Waals surface area contributed by atoms with Gasteiger partial charge in [0.2, 0.25) is 5.91 Å². The van der Waals surface area contributed by atoms with Gasteiger partial charge in [0.25, 0.3) is 0 Å². The number of carbonyl (C=O) groups excluding carboxylic acids is 1. The van der Waals surface area contributed by atoms with E-state index in [9.17, 15) is 4.79 Å². The molecule has 0 bridgehead atoms. The number of aryl methyl sites for hydroxylation is 1. The SMILES string of the molecule is CCC(=O)N(CCN1CC(N(C)CCOC)C1)c1cccc(C)n1. The molecule has 6 heteroatoms. The molecule has 1 amide bonds. The molecule has 24 heavy (non-hydrogen) atoms. The molecule has 134 valence electrons. The van der Waals surface area contributed by atoms with Gasteiger partial charge in [-0.3, -0.25) is 19.5 Å². The van der Waals surface area contributed by atoms with Gasteiger partial charge in [0.05, 0.1) is 6.61 Å². The van der Waals surface area contributed by atoms with Crippen LogP contribution >= 0.6 is 0 Å². The van der Waals surface area contributed by atoms with Crippen LogP contribution < -0.4 is 4.90 Å². The number of aromatic nitrogens is 1. The van der Waals surface area contributed by atoms with Crippen LogP contribution in [0.15, 0.2) is 18.2 Å². The van der Waals surface area contributed by atoms with E-state index in [0.29, 0.717) is 19.0 Å². The minimum atomic E-state index is 0.127. The lowest BCUT2D eigenvalue weighted by Crippen LogP contribution is -2.60. The molecule has 1 aliphatic heterocycles. The molecule has 1 fully saturated rings. The Morgan fingerprint density at radius 2 is 2.12 bits per heavy atom. The summed E-state index contributed by atoms with van der Waals surface area (Å²) in [5.74, 6) is 0.888. The van der Waals surface area contributed by atoms with Crippen molar-refractivity contribution in [3.8, 4) is 0 Å². The quantitative estimate of drug-likeness (QED) is 0.683. The molecular weight excluding hydrogens is 304 g/mol. The Labute approximate surface area is 145 Å². The van der Waals surface area contributed by atoms with Gasteiger partial charge in [-0.05, 0) is 26.1 Å². The van der Waals surface area contributed by atoms with E-state index in [2.05, 4.69) is 21.8 Å². The zero-order chi connectivity index (χ0) is 17.5. The smallest absolute Gasteiger partial charge is 0.227 e. The first kappa shape index (κ1) is 18.8. The highest BCUT2D eigenvalue weighted by atomic mass is 16.5. The van der Waals surface area contributed by atoms with Crippen LogP contribution in [-0.4, -0.2) is 80.2 Å². The van der Waals surface area contributed by atoms with Crippen molar-refractivity contribution in [2.45, 2.75) is 26.3 Å². The maximum absolute atomic E-state index is 12.3. The highest BCUT2D eigenvalue weighted by Crippen LogP contribution is 2.16. The third kappa shape index (κ3) is 5.00. The minimum absolute atomic E-state index is 0.127. The molecular formula is C18H30N4O2. The van der Waals surface area contributed by atoms with Crippen LogP contribution in [-0.2, 0) is 9.53 Å². The standard InChI is InChI=1S/C18H30N4O2/c1-5-18(23)22(17-8-6-7-15(2)19-17)10-9-21-13-16(14-21)20(3)11-12-24-4/h6-8,16H,5,9-14H2,1-4H3. The number of methoxy groups -OCH3 is 1. The van der Waals surface area contributed by atoms with Crippen LogP contribution in [0.2, 0.25) is 0 Å². The molecule has 1 saturated heterocycles. The van der Waals surface area contributed by atoms with Crippen molar-refractivity contribution in [2.75, 3.05) is 58.4 Å². The van der Waals surface area contributed by atoms with E-state index in [1.165, 1.54) is 0 Å². The van der Waals surface area contributed by atoms with Crippen LogP contribution in [0.5, 0.6) is 0 Å². The van der Waals surface area contributed by atoms with Gasteiger partial charge in [0.1, 0.15) is 5.82 Å². The van der Waals surface area contributed by atoms with Gasteiger partial charge in [-0.25, -0.2) is 4.98 Å². The van der Waals surface area contributed by atoms with Gasteiger partial charge < -0.3 is 4.74 Å².